The van der Waals surface area contributed by atoms with Crippen molar-refractivity contribution < 1.29 is 0 Å². The van der Waals surface area contributed by atoms with Crippen molar-refractivity contribution in [2.24, 2.45) is 4.99 Å². The van der Waals surface area contributed by atoms with Crippen LogP contribution in [-0.2, 0) is 0 Å². The lowest BCUT2D eigenvalue weighted by Gasteiger charge is -2.01. The van der Waals surface area contributed by atoms with E-state index in [1.165, 1.54) is 11.1 Å². The molecule has 0 fully saturated rings. The van der Waals surface area contributed by atoms with E-state index in [0.717, 1.165) is 11.4 Å². The molecule has 0 bridgehead atoms. The minimum Gasteiger partial charge on any atom is -0.360 e. The second-order valence-electron chi connectivity index (χ2n) is 4.63. The van der Waals surface area contributed by atoms with E-state index in [1.807, 2.05) is 55.5 Å². The van der Waals surface area contributed by atoms with Crippen LogP contribution in [0.5, 0.6) is 0 Å². The van der Waals surface area contributed by atoms with Gasteiger partial charge in [-0.15, -0.1) is 12.4 Å². The molecule has 0 aliphatic heterocycles. The van der Waals surface area contributed by atoms with Gasteiger partial charge in [-0.3, -0.25) is 4.99 Å². The third kappa shape index (κ3) is 6.03. The van der Waals surface area contributed by atoms with Gasteiger partial charge in [0.1, 0.15) is 0 Å². The first-order chi connectivity index (χ1) is 9.63. The molecule has 0 saturated carbocycles. The zero-order chi connectivity index (χ0) is 14.4. The van der Waals surface area contributed by atoms with Crippen LogP contribution >= 0.6 is 24.0 Å². The van der Waals surface area contributed by atoms with Crippen molar-refractivity contribution in [3.63, 3.8) is 0 Å². The molecule has 21 heavy (non-hydrogen) atoms. The molecule has 0 heterocycles. The quantitative estimate of drug-likeness (QED) is 0.726. The Hall–Kier alpha value is -1.77. The minimum absolute atomic E-state index is 0. The third-order valence-corrected chi connectivity index (χ3v) is 3.01. The Morgan fingerprint density at radius 2 is 1.48 bits per heavy atom. The predicted molar refractivity (Wildman–Crippen MR) is 95.3 cm³/mol. The Morgan fingerprint density at radius 1 is 0.952 bits per heavy atom. The highest BCUT2D eigenvalue weighted by atomic mass is 35.5. The molecule has 2 aromatic carbocycles. The number of allylic oxidation sites excluding steroid dienone is 1. The zero-order valence-corrected chi connectivity index (χ0v) is 13.6. The van der Waals surface area contributed by atoms with Crippen molar-refractivity contribution in [3.05, 3.63) is 70.9 Å². The monoisotopic (exact) mass is 320 g/mol. The summed E-state index contributed by atoms with van der Waals surface area (Å²) in [5.41, 5.74) is 4.33. The normalized spacial score (nSPS) is 11.3. The Morgan fingerprint density at radius 3 is 2.05 bits per heavy atom. The van der Waals surface area contributed by atoms with E-state index in [4.69, 9.17) is 11.6 Å². The number of aliphatic imine (C=N–C) groups is 1. The summed E-state index contributed by atoms with van der Waals surface area (Å²) < 4.78 is 0. The van der Waals surface area contributed by atoms with Gasteiger partial charge in [0.05, 0.1) is 10.7 Å². The van der Waals surface area contributed by atoms with Gasteiger partial charge in [0.25, 0.3) is 0 Å². The van der Waals surface area contributed by atoms with Crippen LogP contribution in [0.3, 0.4) is 0 Å². The highest BCUT2D eigenvalue weighted by molar-refractivity contribution is 6.39. The largest absolute Gasteiger partial charge is 0.360 e. The van der Waals surface area contributed by atoms with Crippen LogP contribution in [0.2, 0.25) is 0 Å². The van der Waals surface area contributed by atoms with E-state index in [-0.39, 0.29) is 12.4 Å². The van der Waals surface area contributed by atoms with Gasteiger partial charge in [0, 0.05) is 18.1 Å². The van der Waals surface area contributed by atoms with E-state index >= 15 is 0 Å². The van der Waals surface area contributed by atoms with Crippen molar-refractivity contribution in [2.45, 2.75) is 13.8 Å². The van der Waals surface area contributed by atoms with Gasteiger partial charge in [-0.05, 0) is 38.1 Å². The predicted octanol–water partition coefficient (Wildman–Crippen LogP) is 5.62. The Balaban J connectivity index is 0.00000220. The van der Waals surface area contributed by atoms with Gasteiger partial charge in [-0.2, -0.15) is 0 Å². The number of nitrogens with one attached hydrogen (secondary N) is 1. The molecule has 1 N–H and O–H groups in total. The highest BCUT2D eigenvalue weighted by Crippen LogP contribution is 2.13. The zero-order valence-electron chi connectivity index (χ0n) is 12.0. The number of nitrogens with zero attached hydrogens (tertiary/aromatic N) is 1. The lowest BCUT2D eigenvalue weighted by molar-refractivity contribution is 1.44. The Labute approximate surface area is 137 Å². The summed E-state index contributed by atoms with van der Waals surface area (Å²) in [5.74, 6) is 0. The highest BCUT2D eigenvalue weighted by Gasteiger charge is 1.91. The molecule has 0 radical (unpaired) electrons. The molecule has 0 amide bonds. The van der Waals surface area contributed by atoms with Gasteiger partial charge < -0.3 is 5.32 Å². The minimum atomic E-state index is 0. The summed E-state index contributed by atoms with van der Waals surface area (Å²) >= 11 is 6.09. The number of rotatable bonds is 4. The molecule has 0 spiro atoms. The molecule has 2 rings (SSSR count). The van der Waals surface area contributed by atoms with Crippen molar-refractivity contribution in [1.29, 1.82) is 0 Å². The first-order valence-corrected chi connectivity index (χ1v) is 6.81. The SMILES string of the molecule is Cc1ccc(N=C/C(Cl)=C/Nc2ccc(C)cc2)cc1.Cl. The van der Waals surface area contributed by atoms with Crippen LogP contribution in [0.15, 0.2) is 64.8 Å². The van der Waals surface area contributed by atoms with Crippen LogP contribution in [0.4, 0.5) is 11.4 Å². The molecular weight excluding hydrogens is 303 g/mol. The van der Waals surface area contributed by atoms with Crippen LogP contribution in [0.1, 0.15) is 11.1 Å². The second kappa shape index (κ2) is 8.50. The van der Waals surface area contributed by atoms with E-state index in [0.29, 0.717) is 5.03 Å². The lowest BCUT2D eigenvalue weighted by Crippen LogP contribution is -1.89. The smallest absolute Gasteiger partial charge is 0.0748 e. The topological polar surface area (TPSA) is 24.4 Å². The van der Waals surface area contributed by atoms with Crippen molar-refractivity contribution in [3.8, 4) is 0 Å². The van der Waals surface area contributed by atoms with Gasteiger partial charge in [0.15, 0.2) is 0 Å². The summed E-state index contributed by atoms with van der Waals surface area (Å²) in [7, 11) is 0. The Bertz CT molecular complexity index is 614. The maximum absolute atomic E-state index is 6.09. The number of benzene rings is 2. The fourth-order valence-corrected chi connectivity index (χ4v) is 1.71. The van der Waals surface area contributed by atoms with Crippen LogP contribution in [-0.4, -0.2) is 6.21 Å². The Kier molecular flexibility index (Phi) is 7.00. The molecule has 2 nitrogen and oxygen atoms in total. The molecule has 0 atom stereocenters. The van der Waals surface area contributed by atoms with Crippen molar-refractivity contribution in [1.82, 2.24) is 0 Å². The molecule has 0 aromatic heterocycles. The summed E-state index contributed by atoms with van der Waals surface area (Å²) in [6.45, 7) is 4.10. The summed E-state index contributed by atoms with van der Waals surface area (Å²) in [6, 6.07) is 16.1. The van der Waals surface area contributed by atoms with Crippen LogP contribution in [0.25, 0.3) is 0 Å². The molecule has 0 aliphatic rings. The first-order valence-electron chi connectivity index (χ1n) is 6.43. The summed E-state index contributed by atoms with van der Waals surface area (Å²) in [4.78, 5) is 4.31. The van der Waals surface area contributed by atoms with E-state index in [9.17, 15) is 0 Å². The van der Waals surface area contributed by atoms with Gasteiger partial charge in [0.2, 0.25) is 0 Å². The molecule has 4 heteroatoms. The number of hydrogen-bond acceptors (Lipinski definition) is 2. The molecule has 0 aliphatic carbocycles. The van der Waals surface area contributed by atoms with Crippen molar-refractivity contribution >= 4 is 41.6 Å². The maximum Gasteiger partial charge on any atom is 0.0748 e. The third-order valence-electron chi connectivity index (χ3n) is 2.80. The van der Waals surface area contributed by atoms with Gasteiger partial charge in [-0.1, -0.05) is 47.0 Å². The molecule has 0 saturated heterocycles. The van der Waals surface area contributed by atoms with E-state index in [1.54, 1.807) is 12.4 Å². The number of anilines is 1. The van der Waals surface area contributed by atoms with Crippen LogP contribution < -0.4 is 5.32 Å². The number of aryl methyl sites for hydroxylation is 2. The average Bonchev–Trinajstić information content (AvgIpc) is 2.46. The van der Waals surface area contributed by atoms with E-state index < -0.39 is 0 Å². The number of hydrogen-bond donors (Lipinski definition) is 1. The number of halogens is 2. The maximum atomic E-state index is 6.09. The standard InChI is InChI=1S/C17H17ClN2.ClH/c1-13-3-7-16(8-4-13)19-11-15(18)12-20-17-9-5-14(2)6-10-17;/h3-12,19H,1-2H3;1H/b15-11-,20-12?;. The molecule has 0 unspecified atom stereocenters. The molecule has 110 valence electrons. The fourth-order valence-electron chi connectivity index (χ4n) is 1.61. The van der Waals surface area contributed by atoms with Crippen LogP contribution in [0, 0.1) is 13.8 Å². The molecule has 2 aromatic rings. The summed E-state index contributed by atoms with van der Waals surface area (Å²) in [6.07, 6.45) is 3.36. The fraction of sp³-hybridized carbons (Fsp3) is 0.118. The summed E-state index contributed by atoms with van der Waals surface area (Å²) in [5, 5.41) is 3.68. The average molecular weight is 321 g/mol. The van der Waals surface area contributed by atoms with Gasteiger partial charge >= 0.3 is 0 Å². The first kappa shape index (κ1) is 17.3. The lowest BCUT2D eigenvalue weighted by atomic mass is 10.2. The van der Waals surface area contributed by atoms with E-state index in [2.05, 4.69) is 17.2 Å². The van der Waals surface area contributed by atoms with Crippen molar-refractivity contribution in [2.75, 3.05) is 5.32 Å². The second-order valence-corrected chi connectivity index (χ2v) is 5.07. The molecular formula is C17H18Cl2N2. The van der Waals surface area contributed by atoms with Gasteiger partial charge in [-0.25, -0.2) is 0 Å².